The van der Waals surface area contributed by atoms with E-state index >= 15 is 0 Å². The second kappa shape index (κ2) is 13.6. The van der Waals surface area contributed by atoms with Gasteiger partial charge in [-0.2, -0.15) is 5.10 Å². The zero-order chi connectivity index (χ0) is 30.1. The first kappa shape index (κ1) is 29.4. The average molecular weight is 583 g/mol. The third-order valence-corrected chi connectivity index (χ3v) is 6.00. The van der Waals surface area contributed by atoms with E-state index in [-0.39, 0.29) is 28.5 Å². The number of esters is 1. The van der Waals surface area contributed by atoms with Crippen molar-refractivity contribution in [2.45, 2.75) is 6.92 Å². The summed E-state index contributed by atoms with van der Waals surface area (Å²) in [7, 11) is 0. The molecule has 4 aromatic carbocycles. The van der Waals surface area contributed by atoms with E-state index in [0.717, 1.165) is 17.8 Å². The second-order valence-corrected chi connectivity index (χ2v) is 9.32. The van der Waals surface area contributed by atoms with Crippen LogP contribution in [-0.4, -0.2) is 28.9 Å². The van der Waals surface area contributed by atoms with Gasteiger partial charge in [-0.1, -0.05) is 41.4 Å². The predicted octanol–water partition coefficient (Wildman–Crippen LogP) is 6.19. The number of hydrazone groups is 1. The summed E-state index contributed by atoms with van der Waals surface area (Å²) < 4.78 is 5.34. The van der Waals surface area contributed by atoms with Crippen LogP contribution in [0.3, 0.4) is 0 Å². The molecule has 4 rings (SSSR count). The summed E-state index contributed by atoms with van der Waals surface area (Å²) in [4.78, 5) is 48.1. The fraction of sp³-hybridized carbons (Fsp3) is 0.0323. The fourth-order valence-corrected chi connectivity index (χ4v) is 3.77. The van der Waals surface area contributed by atoms with Crippen molar-refractivity contribution in [2.24, 2.45) is 5.10 Å². The van der Waals surface area contributed by atoms with Gasteiger partial charge in [0.15, 0.2) is 0 Å². The molecule has 2 N–H and O–H groups in total. The van der Waals surface area contributed by atoms with Crippen molar-refractivity contribution < 1.29 is 24.0 Å². The van der Waals surface area contributed by atoms with Crippen molar-refractivity contribution in [3.8, 4) is 5.75 Å². The Balaban J connectivity index is 1.40. The molecule has 42 heavy (non-hydrogen) atoms. The number of amides is 2. The van der Waals surface area contributed by atoms with Gasteiger partial charge in [0, 0.05) is 45.6 Å². The fourth-order valence-electron chi connectivity index (χ4n) is 3.64. The number of halogens is 1. The normalized spacial score (nSPS) is 10.9. The summed E-state index contributed by atoms with van der Waals surface area (Å²) in [5.74, 6) is -1.59. The molecule has 0 radical (unpaired) electrons. The molecule has 10 nitrogen and oxygen atoms in total. The Hall–Kier alpha value is -5.61. The summed E-state index contributed by atoms with van der Waals surface area (Å²) >= 11 is 5.86. The van der Waals surface area contributed by atoms with Gasteiger partial charge in [0.1, 0.15) is 5.75 Å². The number of non-ortho nitro benzene ring substituents is 1. The number of aryl methyl sites for hydroxylation is 1. The van der Waals surface area contributed by atoms with Crippen molar-refractivity contribution in [3.63, 3.8) is 0 Å². The SMILES string of the molecule is Cc1cccc(C(=O)Nc2ccc(C(=O)N/N=C/c3cc([N+](=O)[O-])ccc3OC(=O)/C=C/c3ccc(Cl)cc3)cc2)c1. The number of nitro groups is 1. The molecule has 2 amide bonds. The van der Waals surface area contributed by atoms with Gasteiger partial charge in [0.25, 0.3) is 17.5 Å². The number of hydrogen-bond donors (Lipinski definition) is 2. The van der Waals surface area contributed by atoms with Gasteiger partial charge >= 0.3 is 5.97 Å². The molecule has 0 atom stereocenters. The number of nitrogens with one attached hydrogen (secondary N) is 2. The molecule has 0 aliphatic carbocycles. The van der Waals surface area contributed by atoms with E-state index in [1.807, 2.05) is 13.0 Å². The Labute approximate surface area is 245 Å². The number of carbonyl (C=O) groups excluding carboxylic acids is 3. The Kier molecular flexibility index (Phi) is 9.54. The average Bonchev–Trinajstić information content (AvgIpc) is 2.98. The molecule has 0 fully saturated rings. The second-order valence-electron chi connectivity index (χ2n) is 8.89. The number of anilines is 1. The van der Waals surface area contributed by atoms with Gasteiger partial charge in [-0.25, -0.2) is 10.2 Å². The van der Waals surface area contributed by atoms with E-state index in [4.69, 9.17) is 16.3 Å². The van der Waals surface area contributed by atoms with Crippen LogP contribution in [0.15, 0.2) is 102 Å². The maximum absolute atomic E-state index is 12.6. The van der Waals surface area contributed by atoms with Crippen LogP contribution >= 0.6 is 11.6 Å². The van der Waals surface area contributed by atoms with E-state index in [1.165, 1.54) is 36.4 Å². The van der Waals surface area contributed by atoms with Crippen molar-refractivity contribution in [1.29, 1.82) is 0 Å². The van der Waals surface area contributed by atoms with Crippen LogP contribution in [0.2, 0.25) is 5.02 Å². The van der Waals surface area contributed by atoms with Gasteiger partial charge in [-0.15, -0.1) is 0 Å². The van der Waals surface area contributed by atoms with Crippen LogP contribution < -0.4 is 15.5 Å². The molecule has 11 heteroatoms. The summed E-state index contributed by atoms with van der Waals surface area (Å²) in [5.41, 5.74) is 5.08. The highest BCUT2D eigenvalue weighted by atomic mass is 35.5. The van der Waals surface area contributed by atoms with Crippen LogP contribution in [0.5, 0.6) is 5.75 Å². The molecule has 0 aliphatic heterocycles. The highest BCUT2D eigenvalue weighted by molar-refractivity contribution is 6.30. The van der Waals surface area contributed by atoms with Gasteiger partial charge in [-0.05, 0) is 73.2 Å². The smallest absolute Gasteiger partial charge is 0.336 e. The molecule has 0 aliphatic rings. The van der Waals surface area contributed by atoms with E-state index in [9.17, 15) is 24.5 Å². The maximum Gasteiger partial charge on any atom is 0.336 e. The lowest BCUT2D eigenvalue weighted by molar-refractivity contribution is -0.384. The minimum absolute atomic E-state index is 0.00180. The van der Waals surface area contributed by atoms with Crippen LogP contribution in [0.25, 0.3) is 6.08 Å². The zero-order valence-electron chi connectivity index (χ0n) is 22.1. The van der Waals surface area contributed by atoms with E-state index in [0.29, 0.717) is 21.8 Å². The molecule has 210 valence electrons. The first-order valence-electron chi connectivity index (χ1n) is 12.4. The zero-order valence-corrected chi connectivity index (χ0v) is 22.9. The lowest BCUT2D eigenvalue weighted by atomic mass is 10.1. The van der Waals surface area contributed by atoms with Gasteiger partial charge in [-0.3, -0.25) is 19.7 Å². The van der Waals surface area contributed by atoms with Crippen molar-refractivity contribution in [3.05, 3.63) is 140 Å². The molecule has 4 aromatic rings. The summed E-state index contributed by atoms with van der Waals surface area (Å²) in [6, 6.07) is 23.7. The molecular weight excluding hydrogens is 560 g/mol. The molecule has 0 aromatic heterocycles. The monoisotopic (exact) mass is 582 g/mol. The number of carbonyl (C=O) groups is 3. The molecular formula is C31H23ClN4O6. The van der Waals surface area contributed by atoms with Crippen LogP contribution in [0.1, 0.15) is 37.4 Å². The lowest BCUT2D eigenvalue weighted by Gasteiger charge is -2.07. The van der Waals surface area contributed by atoms with Crippen molar-refractivity contribution in [1.82, 2.24) is 5.43 Å². The van der Waals surface area contributed by atoms with E-state index < -0.39 is 16.8 Å². The Bertz CT molecular complexity index is 1700. The van der Waals surface area contributed by atoms with E-state index in [1.54, 1.807) is 54.6 Å². The number of nitrogens with zero attached hydrogens (tertiary/aromatic N) is 2. The van der Waals surface area contributed by atoms with Crippen LogP contribution in [-0.2, 0) is 4.79 Å². The van der Waals surface area contributed by atoms with Crippen molar-refractivity contribution in [2.75, 3.05) is 5.32 Å². The number of hydrogen-bond acceptors (Lipinski definition) is 7. The highest BCUT2D eigenvalue weighted by Crippen LogP contribution is 2.23. The number of nitro benzene ring substituents is 1. The summed E-state index contributed by atoms with van der Waals surface area (Å²) in [6.45, 7) is 1.89. The largest absolute Gasteiger partial charge is 0.423 e. The molecule has 0 saturated heterocycles. The molecule has 0 unspecified atom stereocenters. The third kappa shape index (κ3) is 8.20. The minimum Gasteiger partial charge on any atom is -0.423 e. The molecule has 0 saturated carbocycles. The molecule has 0 bridgehead atoms. The quantitative estimate of drug-likeness (QED) is 0.0602. The van der Waals surface area contributed by atoms with Gasteiger partial charge in [0.05, 0.1) is 11.1 Å². The highest BCUT2D eigenvalue weighted by Gasteiger charge is 2.13. The Morgan fingerprint density at radius 2 is 1.64 bits per heavy atom. The number of benzene rings is 4. The minimum atomic E-state index is -0.730. The van der Waals surface area contributed by atoms with E-state index in [2.05, 4.69) is 15.8 Å². The first-order valence-corrected chi connectivity index (χ1v) is 12.8. The topological polar surface area (TPSA) is 140 Å². The predicted molar refractivity (Wildman–Crippen MR) is 160 cm³/mol. The third-order valence-electron chi connectivity index (χ3n) is 5.75. The number of ether oxygens (including phenoxy) is 1. The first-order chi connectivity index (χ1) is 20.2. The lowest BCUT2D eigenvalue weighted by Crippen LogP contribution is -2.18. The number of rotatable bonds is 9. The summed E-state index contributed by atoms with van der Waals surface area (Å²) in [6.07, 6.45) is 3.85. The molecule has 0 spiro atoms. The van der Waals surface area contributed by atoms with Gasteiger partial charge in [0.2, 0.25) is 0 Å². The van der Waals surface area contributed by atoms with Gasteiger partial charge < -0.3 is 10.1 Å². The summed E-state index contributed by atoms with van der Waals surface area (Å²) in [5, 5.41) is 18.4. The molecule has 0 heterocycles. The van der Waals surface area contributed by atoms with Crippen molar-refractivity contribution >= 4 is 53.0 Å². The maximum atomic E-state index is 12.6. The standard InChI is InChI=1S/C31H23ClN4O6/c1-20-3-2-4-23(17-20)30(38)34-26-12-8-22(9-13-26)31(39)35-33-19-24-18-27(36(40)41)14-15-28(24)42-29(37)16-7-21-5-10-25(32)11-6-21/h2-19H,1H3,(H,34,38)(H,35,39)/b16-7+,33-19+. The Morgan fingerprint density at radius 3 is 2.33 bits per heavy atom. The Morgan fingerprint density at radius 1 is 0.905 bits per heavy atom. The van der Waals surface area contributed by atoms with Crippen LogP contribution in [0, 0.1) is 17.0 Å². The van der Waals surface area contributed by atoms with Crippen LogP contribution in [0.4, 0.5) is 11.4 Å².